The molecule has 0 aliphatic heterocycles. The Hall–Kier alpha value is -0.650. The third-order valence-electron chi connectivity index (χ3n) is 3.00. The predicted molar refractivity (Wildman–Crippen MR) is 80.0 cm³/mol. The zero-order valence-electron chi connectivity index (χ0n) is 10.9. The highest BCUT2D eigenvalue weighted by molar-refractivity contribution is 9.10. The molecule has 0 spiro atoms. The summed E-state index contributed by atoms with van der Waals surface area (Å²) in [6, 6.07) is 2.65. The van der Waals surface area contributed by atoms with Crippen molar-refractivity contribution in [1.82, 2.24) is 15.1 Å². The molecular formula is C13H18BrN3S. The average Bonchev–Trinajstić information content (AvgIpc) is 2.88. The molecule has 2 heterocycles. The van der Waals surface area contributed by atoms with E-state index in [4.69, 9.17) is 0 Å². The van der Waals surface area contributed by atoms with Gasteiger partial charge in [0.2, 0.25) is 0 Å². The Bertz CT molecular complexity index is 505. The van der Waals surface area contributed by atoms with Gasteiger partial charge in [0.15, 0.2) is 0 Å². The van der Waals surface area contributed by atoms with Crippen molar-refractivity contribution in [3.05, 3.63) is 38.3 Å². The first-order chi connectivity index (χ1) is 8.58. The molecule has 1 N–H and O–H groups in total. The predicted octanol–water partition coefficient (Wildman–Crippen LogP) is 3.27. The Labute approximate surface area is 120 Å². The van der Waals surface area contributed by atoms with Crippen LogP contribution < -0.4 is 5.32 Å². The van der Waals surface area contributed by atoms with Crippen LogP contribution in [0, 0.1) is 6.92 Å². The van der Waals surface area contributed by atoms with E-state index in [1.165, 1.54) is 11.3 Å². The summed E-state index contributed by atoms with van der Waals surface area (Å²) in [6.07, 6.45) is 1.07. The number of nitrogens with zero attached hydrogens (tertiary/aromatic N) is 2. The zero-order valence-corrected chi connectivity index (χ0v) is 13.3. The van der Waals surface area contributed by atoms with Crippen LogP contribution in [0.1, 0.15) is 23.9 Å². The van der Waals surface area contributed by atoms with Crippen molar-refractivity contribution in [3.63, 3.8) is 0 Å². The molecule has 3 nitrogen and oxygen atoms in total. The Kier molecular flexibility index (Phi) is 4.59. The van der Waals surface area contributed by atoms with Gasteiger partial charge in [-0.15, -0.1) is 0 Å². The van der Waals surface area contributed by atoms with Crippen LogP contribution in [0.3, 0.4) is 0 Å². The Morgan fingerprint density at radius 2 is 2.33 bits per heavy atom. The molecule has 1 atom stereocenters. The van der Waals surface area contributed by atoms with Gasteiger partial charge in [-0.2, -0.15) is 16.4 Å². The van der Waals surface area contributed by atoms with Gasteiger partial charge in [0, 0.05) is 19.6 Å². The monoisotopic (exact) mass is 327 g/mol. The van der Waals surface area contributed by atoms with Crippen LogP contribution in [0.25, 0.3) is 0 Å². The third-order valence-corrected chi connectivity index (χ3v) is 4.77. The van der Waals surface area contributed by atoms with Crippen molar-refractivity contribution in [1.29, 1.82) is 0 Å². The van der Waals surface area contributed by atoms with Crippen molar-refractivity contribution in [2.75, 3.05) is 0 Å². The van der Waals surface area contributed by atoms with Gasteiger partial charge in [0.25, 0.3) is 0 Å². The normalized spacial score (nSPS) is 12.9. The second-order valence-corrected chi connectivity index (χ2v) is 6.16. The summed E-state index contributed by atoms with van der Waals surface area (Å²) in [5.41, 5.74) is 3.64. The van der Waals surface area contributed by atoms with E-state index in [0.29, 0.717) is 6.04 Å². The molecule has 5 heteroatoms. The molecule has 0 aliphatic carbocycles. The number of aryl methyl sites for hydroxylation is 2. The third kappa shape index (κ3) is 3.22. The standard InChI is InChI=1S/C13H18BrN3S/c1-9(6-11-4-5-18-8-11)15-7-12-13(14)10(2)16-17(12)3/h4-5,8-9,15H,6-7H2,1-3H3. The van der Waals surface area contributed by atoms with E-state index < -0.39 is 0 Å². The largest absolute Gasteiger partial charge is 0.308 e. The summed E-state index contributed by atoms with van der Waals surface area (Å²) in [5.74, 6) is 0. The number of hydrogen-bond donors (Lipinski definition) is 1. The minimum absolute atomic E-state index is 0.460. The van der Waals surface area contributed by atoms with E-state index >= 15 is 0 Å². The maximum atomic E-state index is 4.40. The van der Waals surface area contributed by atoms with Crippen LogP contribution in [0.5, 0.6) is 0 Å². The molecule has 2 aromatic rings. The lowest BCUT2D eigenvalue weighted by atomic mass is 10.1. The molecule has 0 aromatic carbocycles. The van der Waals surface area contributed by atoms with Crippen LogP contribution in [0.2, 0.25) is 0 Å². The molecular weight excluding hydrogens is 310 g/mol. The smallest absolute Gasteiger partial charge is 0.0739 e. The molecule has 98 valence electrons. The number of rotatable bonds is 5. The molecule has 0 saturated heterocycles. The van der Waals surface area contributed by atoms with E-state index in [1.54, 1.807) is 11.3 Å². The van der Waals surface area contributed by atoms with E-state index in [-0.39, 0.29) is 0 Å². The first-order valence-corrected chi connectivity index (χ1v) is 7.74. The van der Waals surface area contributed by atoms with Crippen LogP contribution >= 0.6 is 27.3 Å². The highest BCUT2D eigenvalue weighted by Crippen LogP contribution is 2.20. The van der Waals surface area contributed by atoms with Gasteiger partial charge in [-0.05, 0) is 58.6 Å². The molecule has 0 radical (unpaired) electrons. The molecule has 0 saturated carbocycles. The SMILES string of the molecule is Cc1nn(C)c(CNC(C)Cc2ccsc2)c1Br. The maximum Gasteiger partial charge on any atom is 0.0739 e. The lowest BCUT2D eigenvalue weighted by Gasteiger charge is -2.13. The lowest BCUT2D eigenvalue weighted by Crippen LogP contribution is -2.28. The Morgan fingerprint density at radius 3 is 2.89 bits per heavy atom. The van der Waals surface area contributed by atoms with Gasteiger partial charge >= 0.3 is 0 Å². The fourth-order valence-corrected chi connectivity index (χ4v) is 3.14. The molecule has 0 aliphatic rings. The highest BCUT2D eigenvalue weighted by atomic mass is 79.9. The topological polar surface area (TPSA) is 29.9 Å². The lowest BCUT2D eigenvalue weighted by molar-refractivity contribution is 0.525. The van der Waals surface area contributed by atoms with Crippen molar-refractivity contribution < 1.29 is 0 Å². The van der Waals surface area contributed by atoms with Gasteiger partial charge in [-0.1, -0.05) is 0 Å². The van der Waals surface area contributed by atoms with Crippen molar-refractivity contribution in [3.8, 4) is 0 Å². The van der Waals surface area contributed by atoms with Gasteiger partial charge in [0.05, 0.1) is 15.9 Å². The van der Waals surface area contributed by atoms with E-state index in [1.807, 2.05) is 18.7 Å². The van der Waals surface area contributed by atoms with Gasteiger partial charge < -0.3 is 5.32 Å². The first-order valence-electron chi connectivity index (χ1n) is 6.00. The number of halogens is 1. The fourth-order valence-electron chi connectivity index (χ4n) is 1.98. The number of aromatic nitrogens is 2. The van der Waals surface area contributed by atoms with Gasteiger partial charge in [0.1, 0.15) is 0 Å². The van der Waals surface area contributed by atoms with Crippen LogP contribution in [0.4, 0.5) is 0 Å². The summed E-state index contributed by atoms with van der Waals surface area (Å²) in [4.78, 5) is 0. The van der Waals surface area contributed by atoms with Crippen molar-refractivity contribution >= 4 is 27.3 Å². The highest BCUT2D eigenvalue weighted by Gasteiger charge is 2.11. The summed E-state index contributed by atoms with van der Waals surface area (Å²) in [7, 11) is 1.98. The molecule has 0 amide bonds. The maximum absolute atomic E-state index is 4.40. The van der Waals surface area contributed by atoms with Gasteiger partial charge in [-0.25, -0.2) is 0 Å². The molecule has 0 fully saturated rings. The van der Waals surface area contributed by atoms with Gasteiger partial charge in [-0.3, -0.25) is 4.68 Å². The van der Waals surface area contributed by atoms with E-state index in [9.17, 15) is 0 Å². The summed E-state index contributed by atoms with van der Waals surface area (Å²) < 4.78 is 3.05. The molecule has 2 aromatic heterocycles. The average molecular weight is 328 g/mol. The molecule has 18 heavy (non-hydrogen) atoms. The van der Waals surface area contributed by atoms with Crippen LogP contribution in [0.15, 0.2) is 21.3 Å². The fraction of sp³-hybridized carbons (Fsp3) is 0.462. The van der Waals surface area contributed by atoms with E-state index in [2.05, 4.69) is 50.1 Å². The van der Waals surface area contributed by atoms with Crippen molar-refractivity contribution in [2.24, 2.45) is 7.05 Å². The Morgan fingerprint density at radius 1 is 1.56 bits per heavy atom. The Balaban J connectivity index is 1.91. The summed E-state index contributed by atoms with van der Waals surface area (Å²) in [6.45, 7) is 5.07. The second-order valence-electron chi connectivity index (χ2n) is 4.59. The number of nitrogens with one attached hydrogen (secondary N) is 1. The molecule has 1 unspecified atom stereocenters. The minimum atomic E-state index is 0.460. The van der Waals surface area contributed by atoms with Crippen LogP contribution in [-0.2, 0) is 20.0 Å². The summed E-state index contributed by atoms with van der Waals surface area (Å²) >= 11 is 5.34. The van der Waals surface area contributed by atoms with E-state index in [0.717, 1.165) is 23.1 Å². The molecule has 0 bridgehead atoms. The zero-order chi connectivity index (χ0) is 13.1. The number of hydrogen-bond acceptors (Lipinski definition) is 3. The number of thiophene rings is 1. The van der Waals surface area contributed by atoms with Crippen LogP contribution in [-0.4, -0.2) is 15.8 Å². The first kappa shape index (κ1) is 13.8. The second kappa shape index (κ2) is 5.99. The minimum Gasteiger partial charge on any atom is -0.308 e. The quantitative estimate of drug-likeness (QED) is 0.913. The molecule has 2 rings (SSSR count). The van der Waals surface area contributed by atoms with Crippen molar-refractivity contribution in [2.45, 2.75) is 32.9 Å². The summed E-state index contributed by atoms with van der Waals surface area (Å²) in [5, 5.41) is 12.3.